The number of aromatic nitrogens is 2. The van der Waals surface area contributed by atoms with Gasteiger partial charge in [-0.05, 0) is 19.1 Å². The molecule has 0 unspecified atom stereocenters. The first-order valence-electron chi connectivity index (χ1n) is 4.32. The normalized spacial score (nSPS) is 10.3. The molecule has 15 heavy (non-hydrogen) atoms. The van der Waals surface area contributed by atoms with Gasteiger partial charge in [-0.3, -0.25) is 4.55 Å². The van der Waals surface area contributed by atoms with Crippen molar-refractivity contribution in [2.24, 2.45) is 0 Å². The van der Waals surface area contributed by atoms with Crippen LogP contribution in [0.2, 0.25) is 0 Å². The highest BCUT2D eigenvalue weighted by molar-refractivity contribution is 7.85. The topological polar surface area (TPSA) is 100 Å². The molecular weight excluding hydrogens is 220 g/mol. The molecule has 6 nitrogen and oxygen atoms in total. The summed E-state index contributed by atoms with van der Waals surface area (Å²) in [6.45, 7) is 1.51. The van der Waals surface area contributed by atoms with Crippen molar-refractivity contribution in [2.75, 3.05) is 12.4 Å². The molecule has 0 bridgehead atoms. The predicted octanol–water partition coefficient (Wildman–Crippen LogP) is -0.0945. The van der Waals surface area contributed by atoms with Gasteiger partial charge in [0.2, 0.25) is 0 Å². The molecule has 0 aliphatic carbocycles. The van der Waals surface area contributed by atoms with Crippen molar-refractivity contribution in [2.45, 2.75) is 13.3 Å². The van der Waals surface area contributed by atoms with Gasteiger partial charge in [0, 0.05) is 19.2 Å². The predicted molar refractivity (Wildman–Crippen MR) is 54.9 cm³/mol. The quantitative estimate of drug-likeness (QED) is 0.709. The number of hydrogen-bond acceptors (Lipinski definition) is 5. The van der Waals surface area contributed by atoms with Crippen LogP contribution < -0.4 is 0 Å². The van der Waals surface area contributed by atoms with E-state index in [2.05, 4.69) is 10.2 Å². The molecular formula is C8H14N2O4S. The lowest BCUT2D eigenvalue weighted by molar-refractivity contribution is 0.298. The molecule has 2 N–H and O–H groups in total. The summed E-state index contributed by atoms with van der Waals surface area (Å²) >= 11 is 0. The van der Waals surface area contributed by atoms with Gasteiger partial charge in [0.25, 0.3) is 10.1 Å². The largest absolute Gasteiger partial charge is 0.396 e. The highest BCUT2D eigenvalue weighted by Crippen LogP contribution is 1.89. The van der Waals surface area contributed by atoms with Crippen molar-refractivity contribution in [1.82, 2.24) is 10.2 Å². The van der Waals surface area contributed by atoms with Crippen LogP contribution in [0.5, 0.6) is 0 Å². The van der Waals surface area contributed by atoms with Crippen molar-refractivity contribution in [1.29, 1.82) is 0 Å². The van der Waals surface area contributed by atoms with Gasteiger partial charge >= 0.3 is 0 Å². The second kappa shape index (κ2) is 7.27. The van der Waals surface area contributed by atoms with Gasteiger partial charge in [-0.2, -0.15) is 18.6 Å². The Hall–Kier alpha value is -1.05. The Labute approximate surface area is 88.7 Å². The van der Waals surface area contributed by atoms with Crippen molar-refractivity contribution in [3.63, 3.8) is 0 Å². The van der Waals surface area contributed by atoms with E-state index in [1.165, 1.54) is 6.92 Å². The number of hydrogen-bond donors (Lipinski definition) is 2. The van der Waals surface area contributed by atoms with E-state index in [0.717, 1.165) is 5.69 Å². The van der Waals surface area contributed by atoms with E-state index in [1.54, 1.807) is 12.3 Å². The van der Waals surface area contributed by atoms with E-state index in [1.807, 2.05) is 6.07 Å². The molecule has 1 rings (SSSR count). The average Bonchev–Trinajstić information content (AvgIpc) is 2.20. The van der Waals surface area contributed by atoms with E-state index in [9.17, 15) is 8.42 Å². The molecule has 0 saturated carbocycles. The first-order valence-corrected chi connectivity index (χ1v) is 5.93. The standard InChI is InChI=1S/C6H8N2O.C2H6O3S/c9-5-3-6-2-1-4-7-8-6;1-2-6(3,4)5/h1-2,4,9H,3,5H2;2H2,1H3,(H,3,4,5). The summed E-state index contributed by atoms with van der Waals surface area (Å²) in [5, 5.41) is 15.9. The number of aliphatic hydroxyl groups is 1. The molecule has 1 heterocycles. The Kier molecular flexibility index (Phi) is 6.76. The van der Waals surface area contributed by atoms with Crippen LogP contribution in [0.25, 0.3) is 0 Å². The van der Waals surface area contributed by atoms with Crippen molar-refractivity contribution < 1.29 is 18.1 Å². The lowest BCUT2D eigenvalue weighted by Gasteiger charge is -1.91. The van der Waals surface area contributed by atoms with Crippen LogP contribution in [0.1, 0.15) is 12.6 Å². The number of nitrogens with zero attached hydrogens (tertiary/aromatic N) is 2. The molecule has 0 atom stereocenters. The molecule has 1 aromatic rings. The minimum absolute atomic E-state index is 0.138. The number of rotatable bonds is 3. The van der Waals surface area contributed by atoms with Crippen LogP contribution in [0.3, 0.4) is 0 Å². The SMILES string of the molecule is CCS(=O)(=O)O.OCCc1cccnn1. The fraction of sp³-hybridized carbons (Fsp3) is 0.500. The molecule has 0 radical (unpaired) electrons. The van der Waals surface area contributed by atoms with Crippen LogP contribution in [0, 0.1) is 0 Å². The molecule has 0 aliphatic rings. The van der Waals surface area contributed by atoms with Gasteiger partial charge in [0.05, 0.1) is 11.4 Å². The lowest BCUT2D eigenvalue weighted by Crippen LogP contribution is -1.97. The third-order valence-electron chi connectivity index (χ3n) is 1.36. The van der Waals surface area contributed by atoms with Gasteiger partial charge in [-0.25, -0.2) is 0 Å². The fourth-order valence-electron chi connectivity index (χ4n) is 0.581. The van der Waals surface area contributed by atoms with Crippen molar-refractivity contribution >= 4 is 10.1 Å². The van der Waals surface area contributed by atoms with Crippen LogP contribution in [0.4, 0.5) is 0 Å². The smallest absolute Gasteiger partial charge is 0.264 e. The van der Waals surface area contributed by atoms with Crippen LogP contribution in [0.15, 0.2) is 18.3 Å². The fourth-order valence-corrected chi connectivity index (χ4v) is 0.581. The summed E-state index contributed by atoms with van der Waals surface area (Å²) in [6.07, 6.45) is 2.20. The maximum Gasteiger partial charge on any atom is 0.264 e. The second-order valence-corrected chi connectivity index (χ2v) is 4.30. The van der Waals surface area contributed by atoms with Gasteiger partial charge in [0.1, 0.15) is 0 Å². The molecule has 0 saturated heterocycles. The Morgan fingerprint density at radius 1 is 1.47 bits per heavy atom. The number of aliphatic hydroxyl groups excluding tert-OH is 1. The summed E-state index contributed by atoms with van der Waals surface area (Å²) in [5.41, 5.74) is 0.833. The third kappa shape index (κ3) is 9.26. The van der Waals surface area contributed by atoms with Crippen LogP contribution in [-0.4, -0.2) is 40.6 Å². The van der Waals surface area contributed by atoms with Gasteiger partial charge < -0.3 is 5.11 Å². The Bertz CT molecular complexity index is 352. The van der Waals surface area contributed by atoms with Gasteiger partial charge in [-0.15, -0.1) is 0 Å². The van der Waals surface area contributed by atoms with Crippen molar-refractivity contribution in [3.05, 3.63) is 24.0 Å². The first kappa shape index (κ1) is 13.9. The maximum atomic E-state index is 9.56. The zero-order valence-corrected chi connectivity index (χ0v) is 9.18. The molecule has 0 spiro atoms. The Morgan fingerprint density at radius 3 is 2.40 bits per heavy atom. The highest BCUT2D eigenvalue weighted by Gasteiger charge is 1.93. The van der Waals surface area contributed by atoms with Crippen LogP contribution >= 0.6 is 0 Å². The lowest BCUT2D eigenvalue weighted by atomic mass is 10.3. The van der Waals surface area contributed by atoms with E-state index < -0.39 is 10.1 Å². The highest BCUT2D eigenvalue weighted by atomic mass is 32.2. The second-order valence-electron chi connectivity index (χ2n) is 2.56. The summed E-state index contributed by atoms with van der Waals surface area (Å²) in [4.78, 5) is 0. The molecule has 7 heteroatoms. The molecule has 0 aliphatic heterocycles. The summed E-state index contributed by atoms with van der Waals surface area (Å²) in [7, 11) is -3.66. The maximum absolute atomic E-state index is 9.56. The monoisotopic (exact) mass is 234 g/mol. The van der Waals surface area contributed by atoms with Gasteiger partial charge in [-0.1, -0.05) is 0 Å². The first-order chi connectivity index (χ1) is 6.99. The molecule has 0 aromatic carbocycles. The Morgan fingerprint density at radius 2 is 2.07 bits per heavy atom. The minimum atomic E-state index is -3.66. The van der Waals surface area contributed by atoms with Crippen LogP contribution in [-0.2, 0) is 16.5 Å². The average molecular weight is 234 g/mol. The summed E-state index contributed by atoms with van der Waals surface area (Å²) in [6, 6.07) is 3.64. The molecule has 1 aromatic heterocycles. The van der Waals surface area contributed by atoms with Gasteiger partial charge in [0.15, 0.2) is 0 Å². The van der Waals surface area contributed by atoms with Crippen molar-refractivity contribution in [3.8, 4) is 0 Å². The van der Waals surface area contributed by atoms with E-state index in [4.69, 9.17) is 9.66 Å². The molecule has 0 fully saturated rings. The minimum Gasteiger partial charge on any atom is -0.396 e. The molecule has 86 valence electrons. The third-order valence-corrected chi connectivity index (χ3v) is 2.09. The van der Waals surface area contributed by atoms with E-state index in [0.29, 0.717) is 6.42 Å². The Balaban J connectivity index is 0.000000288. The summed E-state index contributed by atoms with van der Waals surface area (Å²) in [5.74, 6) is -0.201. The van der Waals surface area contributed by atoms with E-state index >= 15 is 0 Å². The van der Waals surface area contributed by atoms with E-state index in [-0.39, 0.29) is 12.4 Å². The zero-order valence-electron chi connectivity index (χ0n) is 8.37. The zero-order chi connectivity index (χ0) is 11.7. The summed E-state index contributed by atoms with van der Waals surface area (Å²) < 4.78 is 26.9. The molecule has 0 amide bonds.